The Hall–Kier alpha value is -1.06. The molecule has 9 heteroatoms. The van der Waals surface area contributed by atoms with Crippen molar-refractivity contribution in [1.29, 1.82) is 0 Å². The number of ether oxygens (including phenoxy) is 2. The van der Waals surface area contributed by atoms with E-state index in [9.17, 15) is 13.2 Å². The summed E-state index contributed by atoms with van der Waals surface area (Å²) in [5, 5.41) is 3.33. The molecule has 1 atom stereocenters. The number of methoxy groups -OCH3 is 1. The van der Waals surface area contributed by atoms with Crippen molar-refractivity contribution in [2.75, 3.05) is 60.1 Å². The third-order valence-corrected chi connectivity index (χ3v) is 5.25. The molecule has 0 aliphatic carbocycles. The Morgan fingerprint density at radius 3 is 2.32 bits per heavy atom. The first-order valence-electron chi connectivity index (χ1n) is 8.70. The number of halogens is 3. The van der Waals surface area contributed by atoms with E-state index in [0.29, 0.717) is 51.9 Å². The van der Waals surface area contributed by atoms with Crippen LogP contribution < -0.4 is 5.32 Å². The van der Waals surface area contributed by atoms with Gasteiger partial charge in [0.1, 0.15) is 6.04 Å². The summed E-state index contributed by atoms with van der Waals surface area (Å²) in [6, 6.07) is -1.41. The zero-order valence-corrected chi connectivity index (χ0v) is 15.2. The fourth-order valence-corrected chi connectivity index (χ4v) is 3.30. The standard InChI is InChI=1S/C16H29F3N4O2/c1-13(16(17,18)19)22-6-8-23(9-7-22)14(20-2)21-12-15(24-3)4-10-25-11-5-15/h13H,4-12H2,1-3H3,(H,20,21). The second-order valence-electron chi connectivity index (χ2n) is 6.64. The Balaban J connectivity index is 1.86. The zero-order chi connectivity index (χ0) is 18.5. The molecule has 2 aliphatic heterocycles. The van der Waals surface area contributed by atoms with Gasteiger partial charge in [0.15, 0.2) is 5.96 Å². The van der Waals surface area contributed by atoms with Crippen LogP contribution in [0.5, 0.6) is 0 Å². The zero-order valence-electron chi connectivity index (χ0n) is 15.2. The SMILES string of the molecule is CN=C(NCC1(OC)CCOCC1)N1CCN(C(C)C(F)(F)F)CC1. The van der Waals surface area contributed by atoms with Gasteiger partial charge in [-0.2, -0.15) is 13.2 Å². The third-order valence-electron chi connectivity index (χ3n) is 5.25. The summed E-state index contributed by atoms with van der Waals surface area (Å²) in [7, 11) is 3.39. The van der Waals surface area contributed by atoms with Gasteiger partial charge in [-0.15, -0.1) is 0 Å². The first-order chi connectivity index (χ1) is 11.8. The lowest BCUT2D eigenvalue weighted by molar-refractivity contribution is -0.181. The lowest BCUT2D eigenvalue weighted by Crippen LogP contribution is -2.58. The number of nitrogens with zero attached hydrogens (tertiary/aromatic N) is 3. The molecule has 0 bridgehead atoms. The van der Waals surface area contributed by atoms with E-state index >= 15 is 0 Å². The Labute approximate surface area is 147 Å². The molecule has 0 aromatic carbocycles. The van der Waals surface area contributed by atoms with Crippen LogP contribution in [0.4, 0.5) is 13.2 Å². The molecule has 0 radical (unpaired) electrons. The number of rotatable bonds is 4. The summed E-state index contributed by atoms with van der Waals surface area (Å²) in [6.07, 6.45) is -2.56. The summed E-state index contributed by atoms with van der Waals surface area (Å²) >= 11 is 0. The van der Waals surface area contributed by atoms with Gasteiger partial charge in [-0.3, -0.25) is 9.89 Å². The Morgan fingerprint density at radius 1 is 1.24 bits per heavy atom. The highest BCUT2D eigenvalue weighted by molar-refractivity contribution is 5.80. The van der Waals surface area contributed by atoms with Crippen molar-refractivity contribution in [3.63, 3.8) is 0 Å². The van der Waals surface area contributed by atoms with E-state index in [4.69, 9.17) is 9.47 Å². The Kier molecular flexibility index (Phi) is 6.93. The van der Waals surface area contributed by atoms with Gasteiger partial charge in [0.2, 0.25) is 0 Å². The normalized spacial score (nSPS) is 24.2. The number of aliphatic imine (C=N–C) groups is 1. The maximum Gasteiger partial charge on any atom is 0.403 e. The average Bonchev–Trinajstić information content (AvgIpc) is 2.62. The highest BCUT2D eigenvalue weighted by atomic mass is 19.4. The monoisotopic (exact) mass is 366 g/mol. The number of hydrogen-bond acceptors (Lipinski definition) is 4. The van der Waals surface area contributed by atoms with Crippen LogP contribution in [0.25, 0.3) is 0 Å². The van der Waals surface area contributed by atoms with Gasteiger partial charge < -0.3 is 19.7 Å². The molecule has 2 saturated heterocycles. The number of alkyl halides is 3. The quantitative estimate of drug-likeness (QED) is 0.601. The number of nitrogens with one attached hydrogen (secondary N) is 1. The molecule has 2 fully saturated rings. The van der Waals surface area contributed by atoms with Crippen LogP contribution in [-0.4, -0.2) is 93.7 Å². The lowest BCUT2D eigenvalue weighted by Gasteiger charge is -2.41. The molecular formula is C16H29F3N4O2. The molecule has 0 spiro atoms. The van der Waals surface area contributed by atoms with Crippen molar-refractivity contribution in [1.82, 2.24) is 15.1 Å². The molecule has 25 heavy (non-hydrogen) atoms. The van der Waals surface area contributed by atoms with E-state index in [1.54, 1.807) is 14.2 Å². The van der Waals surface area contributed by atoms with Gasteiger partial charge in [-0.25, -0.2) is 0 Å². The first kappa shape index (κ1) is 20.3. The summed E-state index contributed by atoms with van der Waals surface area (Å²) in [5.74, 6) is 0.710. The second kappa shape index (κ2) is 8.55. The van der Waals surface area contributed by atoms with Gasteiger partial charge in [0.25, 0.3) is 0 Å². The number of hydrogen-bond donors (Lipinski definition) is 1. The largest absolute Gasteiger partial charge is 0.403 e. The first-order valence-corrected chi connectivity index (χ1v) is 8.70. The van der Waals surface area contributed by atoms with E-state index in [1.165, 1.54) is 11.8 Å². The van der Waals surface area contributed by atoms with Crippen molar-refractivity contribution in [2.45, 2.75) is 37.6 Å². The molecular weight excluding hydrogens is 337 g/mol. The molecule has 0 aromatic heterocycles. The van der Waals surface area contributed by atoms with Crippen molar-refractivity contribution >= 4 is 5.96 Å². The molecule has 2 heterocycles. The van der Waals surface area contributed by atoms with Crippen molar-refractivity contribution in [2.24, 2.45) is 4.99 Å². The minimum Gasteiger partial charge on any atom is -0.381 e. The molecule has 0 saturated carbocycles. The van der Waals surface area contributed by atoms with Crippen LogP contribution in [-0.2, 0) is 9.47 Å². The van der Waals surface area contributed by atoms with Gasteiger partial charge in [0, 0.05) is 72.9 Å². The maximum atomic E-state index is 12.8. The molecule has 2 aliphatic rings. The molecule has 6 nitrogen and oxygen atoms in total. The van der Waals surface area contributed by atoms with Gasteiger partial charge >= 0.3 is 6.18 Å². The molecule has 1 N–H and O–H groups in total. The van der Waals surface area contributed by atoms with Crippen LogP contribution in [0, 0.1) is 0 Å². The Morgan fingerprint density at radius 2 is 1.84 bits per heavy atom. The predicted octanol–water partition coefficient (Wildman–Crippen LogP) is 1.33. The summed E-state index contributed by atoms with van der Waals surface area (Å²) < 4.78 is 49.6. The molecule has 2 rings (SSSR count). The highest BCUT2D eigenvalue weighted by Gasteiger charge is 2.41. The summed E-state index contributed by atoms with van der Waals surface area (Å²) in [6.45, 7) is 4.93. The fourth-order valence-electron chi connectivity index (χ4n) is 3.30. The van der Waals surface area contributed by atoms with Gasteiger partial charge in [0.05, 0.1) is 5.60 Å². The lowest BCUT2D eigenvalue weighted by atomic mass is 9.94. The number of guanidine groups is 1. The van der Waals surface area contributed by atoms with E-state index in [1.807, 2.05) is 4.90 Å². The van der Waals surface area contributed by atoms with Crippen LogP contribution >= 0.6 is 0 Å². The molecule has 0 aromatic rings. The van der Waals surface area contributed by atoms with Crippen molar-refractivity contribution in [3.05, 3.63) is 0 Å². The van der Waals surface area contributed by atoms with E-state index in [-0.39, 0.29) is 5.60 Å². The minimum atomic E-state index is -4.18. The van der Waals surface area contributed by atoms with Crippen molar-refractivity contribution < 1.29 is 22.6 Å². The summed E-state index contributed by atoms with van der Waals surface area (Å²) in [5.41, 5.74) is -0.277. The van der Waals surface area contributed by atoms with Crippen LogP contribution in [0.3, 0.4) is 0 Å². The predicted molar refractivity (Wildman–Crippen MR) is 89.8 cm³/mol. The second-order valence-corrected chi connectivity index (χ2v) is 6.64. The van der Waals surface area contributed by atoms with E-state index in [2.05, 4.69) is 10.3 Å². The maximum absolute atomic E-state index is 12.8. The van der Waals surface area contributed by atoms with E-state index in [0.717, 1.165) is 12.8 Å². The minimum absolute atomic E-state index is 0.277. The van der Waals surface area contributed by atoms with E-state index < -0.39 is 12.2 Å². The third kappa shape index (κ3) is 5.21. The molecule has 0 amide bonds. The summed E-state index contributed by atoms with van der Waals surface area (Å²) in [4.78, 5) is 7.76. The fraction of sp³-hybridized carbons (Fsp3) is 0.938. The van der Waals surface area contributed by atoms with Crippen LogP contribution in [0.1, 0.15) is 19.8 Å². The number of piperazine rings is 1. The molecule has 146 valence electrons. The van der Waals surface area contributed by atoms with Gasteiger partial charge in [-0.1, -0.05) is 0 Å². The van der Waals surface area contributed by atoms with Crippen molar-refractivity contribution in [3.8, 4) is 0 Å². The molecule has 1 unspecified atom stereocenters. The topological polar surface area (TPSA) is 49.3 Å². The average molecular weight is 366 g/mol. The van der Waals surface area contributed by atoms with Crippen LogP contribution in [0.2, 0.25) is 0 Å². The van der Waals surface area contributed by atoms with Crippen LogP contribution in [0.15, 0.2) is 4.99 Å². The van der Waals surface area contributed by atoms with Gasteiger partial charge in [-0.05, 0) is 6.92 Å². The smallest absolute Gasteiger partial charge is 0.381 e. The highest BCUT2D eigenvalue weighted by Crippen LogP contribution is 2.26. The Bertz CT molecular complexity index is 445.